The second-order valence-electron chi connectivity index (χ2n) is 9.45. The molecular formula is C32H33FN4O3S. The molecular weight excluding hydrogens is 539 g/mol. The molecule has 0 bridgehead atoms. The molecule has 0 saturated carbocycles. The standard InChI is InChI=1S/C32H33FN4O3S/c1-3-34-21-28(38)19-23(2)29-14-11-26(20-30(29)33)32(40)37-17-15-36(16-18-37)27-12-9-25(10-13-27)31(39)35-41-22-24-7-5-4-6-8-24/h4-14,19-21,38H,2-3,15-18,22H2,1H3,(H,35,39)/b28-19+,34-21?. The number of piperazine rings is 1. The molecule has 0 radical (unpaired) electrons. The van der Waals surface area contributed by atoms with Crippen LogP contribution < -0.4 is 9.62 Å². The molecule has 0 aromatic heterocycles. The number of amides is 2. The number of rotatable bonds is 10. The third kappa shape index (κ3) is 8.08. The average Bonchev–Trinajstić information content (AvgIpc) is 3.00. The normalized spacial score (nSPS) is 13.9. The van der Waals surface area contributed by atoms with Gasteiger partial charge in [-0.2, -0.15) is 0 Å². The number of allylic oxidation sites excluding steroid dienone is 3. The topological polar surface area (TPSA) is 85.2 Å². The Morgan fingerprint density at radius 2 is 1.71 bits per heavy atom. The molecule has 0 spiro atoms. The maximum Gasteiger partial charge on any atom is 0.261 e. The van der Waals surface area contributed by atoms with Crippen molar-refractivity contribution in [2.24, 2.45) is 4.99 Å². The van der Waals surface area contributed by atoms with Gasteiger partial charge in [0, 0.05) is 60.9 Å². The van der Waals surface area contributed by atoms with E-state index in [0.29, 0.717) is 44.0 Å². The fraction of sp³-hybridized carbons (Fsp3) is 0.219. The molecule has 1 aliphatic rings. The van der Waals surface area contributed by atoms with Gasteiger partial charge in [-0.1, -0.05) is 43.0 Å². The molecule has 0 atom stereocenters. The van der Waals surface area contributed by atoms with Crippen molar-refractivity contribution >= 4 is 41.2 Å². The number of hydrogen-bond acceptors (Lipinski definition) is 6. The smallest absolute Gasteiger partial charge is 0.261 e. The second kappa shape index (κ2) is 14.3. The molecule has 0 aliphatic carbocycles. The highest BCUT2D eigenvalue weighted by molar-refractivity contribution is 7.97. The number of nitrogens with zero attached hydrogens (tertiary/aromatic N) is 3. The Morgan fingerprint density at radius 1 is 1.02 bits per heavy atom. The number of carbonyl (C=O) groups excluding carboxylic acids is 2. The predicted molar refractivity (Wildman–Crippen MR) is 165 cm³/mol. The molecule has 3 aromatic rings. The molecule has 1 aliphatic heterocycles. The van der Waals surface area contributed by atoms with Crippen molar-refractivity contribution in [1.82, 2.24) is 9.62 Å². The van der Waals surface area contributed by atoms with Gasteiger partial charge in [0.15, 0.2) is 0 Å². The molecule has 4 rings (SSSR count). The fourth-order valence-electron chi connectivity index (χ4n) is 4.38. The number of carbonyl (C=O) groups is 2. The van der Waals surface area contributed by atoms with Gasteiger partial charge >= 0.3 is 0 Å². The van der Waals surface area contributed by atoms with Crippen LogP contribution in [0.1, 0.15) is 38.8 Å². The molecule has 1 saturated heterocycles. The van der Waals surface area contributed by atoms with Crippen LogP contribution in [0.4, 0.5) is 10.1 Å². The van der Waals surface area contributed by atoms with E-state index in [1.165, 1.54) is 36.4 Å². The molecule has 41 heavy (non-hydrogen) atoms. The molecule has 7 nitrogen and oxygen atoms in total. The van der Waals surface area contributed by atoms with Crippen LogP contribution in [-0.4, -0.2) is 60.8 Å². The van der Waals surface area contributed by atoms with E-state index < -0.39 is 5.82 Å². The SMILES string of the molecule is C=C(/C=C(/O)C=NCC)c1ccc(C(=O)N2CCN(c3ccc(C(=O)NSCc4ccccc4)cc3)CC2)cc1F. The molecule has 3 aromatic carbocycles. The number of anilines is 1. The van der Waals surface area contributed by atoms with Crippen LogP contribution in [0.25, 0.3) is 5.57 Å². The summed E-state index contributed by atoms with van der Waals surface area (Å²) >= 11 is 1.36. The van der Waals surface area contributed by atoms with Crippen LogP contribution in [0, 0.1) is 5.82 Å². The van der Waals surface area contributed by atoms with E-state index >= 15 is 0 Å². The Bertz CT molecular complexity index is 1430. The predicted octanol–water partition coefficient (Wildman–Crippen LogP) is 5.91. The van der Waals surface area contributed by atoms with Crippen LogP contribution in [0.2, 0.25) is 0 Å². The minimum atomic E-state index is -0.585. The molecule has 0 unspecified atom stereocenters. The average molecular weight is 573 g/mol. The van der Waals surface area contributed by atoms with E-state index in [1.807, 2.05) is 49.4 Å². The lowest BCUT2D eigenvalue weighted by Gasteiger charge is -2.36. The second-order valence-corrected chi connectivity index (χ2v) is 10.2. The number of benzene rings is 3. The summed E-state index contributed by atoms with van der Waals surface area (Å²) in [5.41, 5.74) is 3.44. The maximum absolute atomic E-state index is 14.8. The van der Waals surface area contributed by atoms with E-state index in [9.17, 15) is 19.1 Å². The van der Waals surface area contributed by atoms with Crippen molar-refractivity contribution < 1.29 is 19.1 Å². The van der Waals surface area contributed by atoms with Gasteiger partial charge in [0.1, 0.15) is 11.6 Å². The highest BCUT2D eigenvalue weighted by atomic mass is 32.2. The zero-order chi connectivity index (χ0) is 29.2. The first-order valence-corrected chi connectivity index (χ1v) is 14.3. The third-order valence-corrected chi connectivity index (χ3v) is 7.41. The van der Waals surface area contributed by atoms with Gasteiger partial charge in [-0.05, 0) is 72.5 Å². The van der Waals surface area contributed by atoms with Crippen molar-refractivity contribution in [3.63, 3.8) is 0 Å². The summed E-state index contributed by atoms with van der Waals surface area (Å²) in [4.78, 5) is 33.4. The first-order valence-electron chi connectivity index (χ1n) is 13.4. The summed E-state index contributed by atoms with van der Waals surface area (Å²) in [6.45, 7) is 8.37. The number of halogens is 1. The lowest BCUT2D eigenvalue weighted by atomic mass is 10.0. The Morgan fingerprint density at radius 3 is 2.37 bits per heavy atom. The molecule has 1 fully saturated rings. The van der Waals surface area contributed by atoms with Crippen LogP contribution in [0.3, 0.4) is 0 Å². The van der Waals surface area contributed by atoms with E-state index in [1.54, 1.807) is 23.1 Å². The highest BCUT2D eigenvalue weighted by Crippen LogP contribution is 2.23. The van der Waals surface area contributed by atoms with Crippen LogP contribution >= 0.6 is 11.9 Å². The van der Waals surface area contributed by atoms with E-state index in [0.717, 1.165) is 11.3 Å². The summed E-state index contributed by atoms with van der Waals surface area (Å²) < 4.78 is 17.7. The molecule has 9 heteroatoms. The fourth-order valence-corrected chi connectivity index (χ4v) is 5.06. The van der Waals surface area contributed by atoms with Crippen molar-refractivity contribution in [3.8, 4) is 0 Å². The molecule has 2 N–H and O–H groups in total. The van der Waals surface area contributed by atoms with Gasteiger partial charge in [-0.3, -0.25) is 19.3 Å². The monoisotopic (exact) mass is 572 g/mol. The van der Waals surface area contributed by atoms with Crippen LogP contribution in [-0.2, 0) is 5.75 Å². The Labute approximate surface area is 244 Å². The van der Waals surface area contributed by atoms with E-state index in [-0.39, 0.29) is 34.3 Å². The van der Waals surface area contributed by atoms with Crippen LogP contribution in [0.15, 0.2) is 96.2 Å². The molecule has 2 amide bonds. The quantitative estimate of drug-likeness (QED) is 0.137. The number of aliphatic hydroxyl groups excluding tert-OH is 1. The van der Waals surface area contributed by atoms with Gasteiger partial charge in [-0.15, -0.1) is 0 Å². The Balaban J connectivity index is 1.28. The summed E-state index contributed by atoms with van der Waals surface area (Å²) in [5, 5.41) is 9.87. The summed E-state index contributed by atoms with van der Waals surface area (Å²) in [6.07, 6.45) is 2.63. The lowest BCUT2D eigenvalue weighted by Crippen LogP contribution is -2.48. The first-order chi connectivity index (χ1) is 19.9. The largest absolute Gasteiger partial charge is 0.506 e. The van der Waals surface area contributed by atoms with Crippen molar-refractivity contribution in [2.75, 3.05) is 37.6 Å². The minimum Gasteiger partial charge on any atom is -0.506 e. The molecule has 1 heterocycles. The van der Waals surface area contributed by atoms with Gasteiger partial charge in [0.2, 0.25) is 0 Å². The van der Waals surface area contributed by atoms with Gasteiger partial charge < -0.3 is 14.9 Å². The van der Waals surface area contributed by atoms with E-state index in [2.05, 4.69) is 21.2 Å². The Hall–Kier alpha value is -4.37. The number of hydrogen-bond donors (Lipinski definition) is 2. The van der Waals surface area contributed by atoms with Gasteiger partial charge in [0.25, 0.3) is 11.8 Å². The van der Waals surface area contributed by atoms with Gasteiger partial charge in [0.05, 0.1) is 6.21 Å². The zero-order valence-electron chi connectivity index (χ0n) is 22.9. The number of aliphatic imine (C=N–C) groups is 1. The number of nitrogens with one attached hydrogen (secondary N) is 1. The lowest BCUT2D eigenvalue weighted by molar-refractivity contribution is 0.0746. The summed E-state index contributed by atoms with van der Waals surface area (Å²) in [5.74, 6) is -0.401. The van der Waals surface area contributed by atoms with Gasteiger partial charge in [-0.25, -0.2) is 4.39 Å². The Kier molecular flexibility index (Phi) is 10.3. The first kappa shape index (κ1) is 29.6. The van der Waals surface area contributed by atoms with Crippen LogP contribution in [0.5, 0.6) is 0 Å². The summed E-state index contributed by atoms with van der Waals surface area (Å²) in [7, 11) is 0. The van der Waals surface area contributed by atoms with E-state index in [4.69, 9.17) is 0 Å². The zero-order valence-corrected chi connectivity index (χ0v) is 23.7. The van der Waals surface area contributed by atoms with Crippen molar-refractivity contribution in [1.29, 1.82) is 0 Å². The maximum atomic E-state index is 14.8. The molecule has 212 valence electrons. The number of aliphatic hydroxyl groups is 1. The van der Waals surface area contributed by atoms with Crippen molar-refractivity contribution in [3.05, 3.63) is 119 Å². The van der Waals surface area contributed by atoms with Crippen molar-refractivity contribution in [2.45, 2.75) is 12.7 Å². The highest BCUT2D eigenvalue weighted by Gasteiger charge is 2.23. The summed E-state index contributed by atoms with van der Waals surface area (Å²) in [6, 6.07) is 21.7. The third-order valence-electron chi connectivity index (χ3n) is 6.60. The minimum absolute atomic E-state index is 0.120.